The highest BCUT2D eigenvalue weighted by Gasteiger charge is 2.50. The van der Waals surface area contributed by atoms with Crippen molar-refractivity contribution in [2.24, 2.45) is 17.3 Å². The molecule has 2 bridgehead atoms. The van der Waals surface area contributed by atoms with Gasteiger partial charge in [-0.1, -0.05) is 38.3 Å². The van der Waals surface area contributed by atoms with Gasteiger partial charge in [0.05, 0.1) is 9.98 Å². The zero-order valence-electron chi connectivity index (χ0n) is 7.39. The molecule has 1 aliphatic heterocycles. The summed E-state index contributed by atoms with van der Waals surface area (Å²) in [7, 11) is 0. The highest BCUT2D eigenvalue weighted by molar-refractivity contribution is 7.82. The van der Waals surface area contributed by atoms with Crippen LogP contribution >= 0.6 is 24.4 Å². The van der Waals surface area contributed by atoms with Crippen LogP contribution in [0.4, 0.5) is 0 Å². The van der Waals surface area contributed by atoms with Gasteiger partial charge in [0.15, 0.2) is 0 Å². The summed E-state index contributed by atoms with van der Waals surface area (Å²) >= 11 is 10.6. The van der Waals surface area contributed by atoms with Crippen molar-refractivity contribution in [1.82, 2.24) is 5.32 Å². The fourth-order valence-corrected chi connectivity index (χ4v) is 3.29. The molecule has 12 heavy (non-hydrogen) atoms. The van der Waals surface area contributed by atoms with Crippen molar-refractivity contribution in [3.63, 3.8) is 0 Å². The van der Waals surface area contributed by atoms with Gasteiger partial charge in [0.2, 0.25) is 0 Å². The van der Waals surface area contributed by atoms with E-state index in [1.807, 2.05) is 0 Å². The van der Waals surface area contributed by atoms with Crippen molar-refractivity contribution in [3.8, 4) is 0 Å². The monoisotopic (exact) mass is 199 g/mol. The molecule has 0 aromatic rings. The van der Waals surface area contributed by atoms with E-state index in [0.29, 0.717) is 11.8 Å². The third-order valence-electron chi connectivity index (χ3n) is 3.68. The Kier molecular flexibility index (Phi) is 1.77. The van der Waals surface area contributed by atoms with E-state index in [2.05, 4.69) is 19.2 Å². The average Bonchev–Trinajstić information content (AvgIpc) is 2.23. The maximum atomic E-state index is 5.32. The molecule has 3 heteroatoms. The van der Waals surface area contributed by atoms with E-state index >= 15 is 0 Å². The smallest absolute Gasteiger partial charge is 0.0863 e. The van der Waals surface area contributed by atoms with Crippen molar-refractivity contribution in [1.29, 1.82) is 0 Å². The standard InChI is InChI=1S/C9H13NS2/c1-5-6-3-4-9(5,2)8(12)10-7(6)11/h5-6H,3-4H2,1-2H3,(H,10,11,12)/t5-,6-,9+/m0/s1. The lowest BCUT2D eigenvalue weighted by Crippen LogP contribution is -2.50. The first-order valence-corrected chi connectivity index (χ1v) is 5.22. The molecule has 1 aliphatic carbocycles. The molecule has 3 atom stereocenters. The molecule has 1 saturated heterocycles. The highest BCUT2D eigenvalue weighted by atomic mass is 32.1. The Balaban J connectivity index is 2.40. The van der Waals surface area contributed by atoms with E-state index in [0.717, 1.165) is 9.98 Å². The van der Waals surface area contributed by atoms with E-state index in [1.165, 1.54) is 12.8 Å². The van der Waals surface area contributed by atoms with Gasteiger partial charge >= 0.3 is 0 Å². The minimum Gasteiger partial charge on any atom is -0.344 e. The molecule has 2 rings (SSSR count). The van der Waals surface area contributed by atoms with Gasteiger partial charge in [-0.05, 0) is 18.8 Å². The first-order valence-electron chi connectivity index (χ1n) is 4.41. The predicted octanol–water partition coefficient (Wildman–Crippen LogP) is 2.30. The largest absolute Gasteiger partial charge is 0.344 e. The van der Waals surface area contributed by atoms with Gasteiger partial charge in [0.1, 0.15) is 0 Å². The normalized spacial score (nSPS) is 46.2. The molecule has 0 radical (unpaired) electrons. The molecule has 1 heterocycles. The average molecular weight is 199 g/mol. The van der Waals surface area contributed by atoms with Crippen LogP contribution in [-0.4, -0.2) is 9.98 Å². The van der Waals surface area contributed by atoms with Crippen molar-refractivity contribution in [2.45, 2.75) is 26.7 Å². The van der Waals surface area contributed by atoms with Crippen molar-refractivity contribution in [3.05, 3.63) is 0 Å². The molecule has 0 amide bonds. The lowest BCUT2D eigenvalue weighted by molar-refractivity contribution is 0.327. The number of thiocarbonyl (C=S) groups is 2. The molecule has 0 spiro atoms. The van der Waals surface area contributed by atoms with Crippen LogP contribution < -0.4 is 5.32 Å². The van der Waals surface area contributed by atoms with E-state index in [9.17, 15) is 0 Å². The summed E-state index contributed by atoms with van der Waals surface area (Å²) in [4.78, 5) is 1.94. The molecule has 2 aliphatic rings. The number of hydrogen-bond acceptors (Lipinski definition) is 2. The molecule has 1 nitrogen and oxygen atoms in total. The first-order chi connectivity index (χ1) is 5.55. The third-order valence-corrected chi connectivity index (χ3v) is 4.65. The summed E-state index contributed by atoms with van der Waals surface area (Å²) < 4.78 is 0. The van der Waals surface area contributed by atoms with Gasteiger partial charge in [-0.15, -0.1) is 0 Å². The van der Waals surface area contributed by atoms with Crippen LogP contribution in [0, 0.1) is 17.3 Å². The summed E-state index contributed by atoms with van der Waals surface area (Å²) in [5, 5.41) is 3.18. The minimum atomic E-state index is 0.225. The zero-order chi connectivity index (χ0) is 8.93. The van der Waals surface area contributed by atoms with E-state index in [4.69, 9.17) is 24.4 Å². The minimum absolute atomic E-state index is 0.225. The van der Waals surface area contributed by atoms with Crippen molar-refractivity contribution >= 4 is 34.4 Å². The Morgan fingerprint density at radius 2 is 2.17 bits per heavy atom. The number of fused-ring (bicyclic) bond motifs is 2. The molecule has 0 aromatic carbocycles. The van der Waals surface area contributed by atoms with E-state index < -0.39 is 0 Å². The van der Waals surface area contributed by atoms with Crippen LogP contribution in [0.5, 0.6) is 0 Å². The molecule has 1 saturated carbocycles. The molecule has 66 valence electrons. The summed E-state index contributed by atoms with van der Waals surface area (Å²) in [5.74, 6) is 1.22. The predicted molar refractivity (Wildman–Crippen MR) is 58.3 cm³/mol. The van der Waals surface area contributed by atoms with Crippen LogP contribution in [0.2, 0.25) is 0 Å². The van der Waals surface area contributed by atoms with Gasteiger partial charge in [-0.3, -0.25) is 0 Å². The van der Waals surface area contributed by atoms with Crippen molar-refractivity contribution in [2.75, 3.05) is 0 Å². The third kappa shape index (κ3) is 0.895. The Morgan fingerprint density at radius 1 is 1.50 bits per heavy atom. The Hall–Kier alpha value is -0.0200. The second-order valence-corrected chi connectivity index (χ2v) is 5.02. The van der Waals surface area contributed by atoms with Gasteiger partial charge < -0.3 is 5.32 Å². The van der Waals surface area contributed by atoms with Crippen molar-refractivity contribution < 1.29 is 0 Å². The van der Waals surface area contributed by atoms with Gasteiger partial charge in [0, 0.05) is 11.3 Å². The molecule has 2 fully saturated rings. The number of rotatable bonds is 0. The summed E-state index contributed by atoms with van der Waals surface area (Å²) in [5.41, 5.74) is 0.225. The van der Waals surface area contributed by atoms with Crippen LogP contribution in [0.1, 0.15) is 26.7 Å². The maximum Gasteiger partial charge on any atom is 0.0863 e. The lowest BCUT2D eigenvalue weighted by atomic mass is 9.75. The second-order valence-electron chi connectivity index (χ2n) is 4.17. The Labute approximate surface area is 83.9 Å². The fraction of sp³-hybridized carbons (Fsp3) is 0.778. The fourth-order valence-electron chi connectivity index (χ4n) is 2.40. The first kappa shape index (κ1) is 8.57. The number of piperidine rings is 1. The molecular weight excluding hydrogens is 186 g/mol. The second kappa shape index (κ2) is 2.48. The highest BCUT2D eigenvalue weighted by Crippen LogP contribution is 2.50. The van der Waals surface area contributed by atoms with E-state index in [1.54, 1.807) is 0 Å². The summed E-state index contributed by atoms with van der Waals surface area (Å²) in [6.45, 7) is 4.53. The van der Waals surface area contributed by atoms with Crippen LogP contribution in [0.15, 0.2) is 0 Å². The Morgan fingerprint density at radius 3 is 2.83 bits per heavy atom. The van der Waals surface area contributed by atoms with Crippen LogP contribution in [-0.2, 0) is 0 Å². The van der Waals surface area contributed by atoms with Crippen LogP contribution in [0.3, 0.4) is 0 Å². The number of hydrogen-bond donors (Lipinski definition) is 1. The SMILES string of the molecule is C[C@H]1[C@@H]2CC[C@@]1(C)C(=S)NC2=S. The summed E-state index contributed by atoms with van der Waals surface area (Å²) in [6, 6.07) is 0. The lowest BCUT2D eigenvalue weighted by Gasteiger charge is -2.38. The van der Waals surface area contributed by atoms with Gasteiger partial charge in [-0.2, -0.15) is 0 Å². The molecule has 0 aromatic heterocycles. The number of nitrogens with one attached hydrogen (secondary N) is 1. The molecular formula is C9H13NS2. The maximum absolute atomic E-state index is 5.32. The van der Waals surface area contributed by atoms with Gasteiger partial charge in [-0.25, -0.2) is 0 Å². The summed E-state index contributed by atoms with van der Waals surface area (Å²) in [6.07, 6.45) is 2.41. The quantitative estimate of drug-likeness (QED) is 0.601. The zero-order valence-corrected chi connectivity index (χ0v) is 9.02. The topological polar surface area (TPSA) is 12.0 Å². The molecule has 1 N–H and O–H groups in total. The van der Waals surface area contributed by atoms with Crippen LogP contribution in [0.25, 0.3) is 0 Å². The van der Waals surface area contributed by atoms with Gasteiger partial charge in [0.25, 0.3) is 0 Å². The Bertz CT molecular complexity index is 261. The van der Waals surface area contributed by atoms with E-state index in [-0.39, 0.29) is 5.41 Å². The molecule has 0 unspecified atom stereocenters.